The number of hydrogen-bond donors (Lipinski definition) is 1. The van der Waals surface area contributed by atoms with Crippen LogP contribution in [0.5, 0.6) is 11.5 Å². The smallest absolute Gasteiger partial charge is 0.263 e. The molecule has 1 N–H and O–H groups in total. The number of rotatable bonds is 10. The van der Waals surface area contributed by atoms with Gasteiger partial charge in [-0.1, -0.05) is 12.1 Å². The van der Waals surface area contributed by atoms with E-state index in [9.17, 15) is 9.59 Å². The molecule has 0 bridgehead atoms. The summed E-state index contributed by atoms with van der Waals surface area (Å²) in [7, 11) is 0. The Balaban J connectivity index is 2.12. The van der Waals surface area contributed by atoms with E-state index in [-0.39, 0.29) is 35.1 Å². The van der Waals surface area contributed by atoms with Gasteiger partial charge in [0.05, 0.1) is 24.8 Å². The highest BCUT2D eigenvalue weighted by Crippen LogP contribution is 2.24. The maximum atomic E-state index is 13.4. The Morgan fingerprint density at radius 2 is 2.03 bits per heavy atom. The third-order valence-electron chi connectivity index (χ3n) is 4.49. The first-order valence-corrected chi connectivity index (χ1v) is 11.1. The van der Waals surface area contributed by atoms with Crippen molar-refractivity contribution in [1.29, 1.82) is 0 Å². The quantitative estimate of drug-likeness (QED) is 0.369. The van der Waals surface area contributed by atoms with Crippen LogP contribution in [-0.2, 0) is 11.3 Å². The highest BCUT2D eigenvalue weighted by Gasteiger charge is 2.18. The zero-order valence-electron chi connectivity index (χ0n) is 18.4. The molecule has 0 fully saturated rings. The lowest BCUT2D eigenvalue weighted by Crippen LogP contribution is -2.37. The number of carbonyl (C=O) groups is 1. The van der Waals surface area contributed by atoms with Crippen molar-refractivity contribution in [2.24, 2.45) is 0 Å². The Morgan fingerprint density at radius 3 is 2.75 bits per heavy atom. The summed E-state index contributed by atoms with van der Waals surface area (Å²) in [6.07, 6.45) is 2.20. The number of amides is 1. The molecule has 1 amide bonds. The van der Waals surface area contributed by atoms with Gasteiger partial charge in [0.25, 0.3) is 5.56 Å². The van der Waals surface area contributed by atoms with Gasteiger partial charge >= 0.3 is 0 Å². The average Bonchev–Trinajstić information content (AvgIpc) is 2.76. The van der Waals surface area contributed by atoms with Crippen LogP contribution in [0.15, 0.2) is 41.3 Å². The number of benzene rings is 1. The molecule has 3 rings (SSSR count). The predicted octanol–water partition coefficient (Wildman–Crippen LogP) is 3.39. The van der Waals surface area contributed by atoms with Crippen LogP contribution in [0, 0.1) is 0 Å². The van der Waals surface area contributed by atoms with Crippen molar-refractivity contribution in [3.8, 4) is 22.9 Å². The summed E-state index contributed by atoms with van der Waals surface area (Å²) in [5.41, 5.74) is 0.551. The van der Waals surface area contributed by atoms with Gasteiger partial charge in [-0.3, -0.25) is 14.2 Å². The van der Waals surface area contributed by atoms with E-state index in [1.54, 1.807) is 12.1 Å². The third-order valence-corrected chi connectivity index (χ3v) is 4.75. The number of hydrogen-bond acceptors (Lipinski definition) is 6. The van der Waals surface area contributed by atoms with Gasteiger partial charge in [0.15, 0.2) is 5.65 Å². The fraction of sp³-hybridized carbons (Fsp3) is 0.391. The van der Waals surface area contributed by atoms with E-state index in [1.807, 2.05) is 39.0 Å². The Bertz CT molecular complexity index is 1150. The van der Waals surface area contributed by atoms with Crippen molar-refractivity contribution in [3.63, 3.8) is 0 Å². The van der Waals surface area contributed by atoms with Crippen LogP contribution >= 0.6 is 11.6 Å². The minimum atomic E-state index is -0.374. The second-order valence-electron chi connectivity index (χ2n) is 7.44. The summed E-state index contributed by atoms with van der Waals surface area (Å²) < 4.78 is 12.6. The Kier molecular flexibility index (Phi) is 8.05. The molecule has 0 saturated carbocycles. The van der Waals surface area contributed by atoms with Crippen molar-refractivity contribution >= 4 is 28.5 Å². The molecule has 0 radical (unpaired) electrons. The van der Waals surface area contributed by atoms with Crippen molar-refractivity contribution in [2.45, 2.75) is 39.8 Å². The van der Waals surface area contributed by atoms with E-state index in [0.717, 1.165) is 0 Å². The van der Waals surface area contributed by atoms with E-state index < -0.39 is 0 Å². The van der Waals surface area contributed by atoms with Crippen molar-refractivity contribution in [2.75, 3.05) is 19.1 Å². The summed E-state index contributed by atoms with van der Waals surface area (Å²) in [6, 6.07) is 8.79. The van der Waals surface area contributed by atoms with Crippen LogP contribution in [-0.4, -0.2) is 45.6 Å². The van der Waals surface area contributed by atoms with Gasteiger partial charge in [0.2, 0.25) is 5.91 Å². The molecule has 2 aromatic heterocycles. The molecule has 0 atom stereocenters. The molecule has 0 spiro atoms. The van der Waals surface area contributed by atoms with Gasteiger partial charge in [-0.15, -0.1) is 11.6 Å². The van der Waals surface area contributed by atoms with E-state index in [0.29, 0.717) is 48.4 Å². The minimum absolute atomic E-state index is 0.0556. The van der Waals surface area contributed by atoms with Crippen LogP contribution in [0.1, 0.15) is 27.2 Å². The van der Waals surface area contributed by atoms with E-state index in [2.05, 4.69) is 15.3 Å². The third kappa shape index (κ3) is 5.76. The Labute approximate surface area is 191 Å². The molecule has 0 aliphatic heterocycles. The van der Waals surface area contributed by atoms with Gasteiger partial charge in [-0.25, -0.2) is 9.97 Å². The summed E-state index contributed by atoms with van der Waals surface area (Å²) in [4.78, 5) is 34.9. The summed E-state index contributed by atoms with van der Waals surface area (Å²) in [5, 5.41) is 3.09. The summed E-state index contributed by atoms with van der Waals surface area (Å²) in [6.45, 7) is 6.36. The van der Waals surface area contributed by atoms with Crippen LogP contribution < -0.4 is 20.3 Å². The van der Waals surface area contributed by atoms with Crippen LogP contribution in [0.25, 0.3) is 22.4 Å². The largest absolute Gasteiger partial charge is 0.494 e. The molecule has 3 aromatic rings. The number of aromatic nitrogens is 3. The zero-order chi connectivity index (χ0) is 23.1. The fourth-order valence-corrected chi connectivity index (χ4v) is 3.29. The monoisotopic (exact) mass is 458 g/mol. The highest BCUT2D eigenvalue weighted by molar-refractivity contribution is 6.17. The molecule has 2 heterocycles. The van der Waals surface area contributed by atoms with Gasteiger partial charge in [-0.05, 0) is 45.4 Å². The van der Waals surface area contributed by atoms with Gasteiger partial charge in [0.1, 0.15) is 23.9 Å². The topological polar surface area (TPSA) is 95.3 Å². The van der Waals surface area contributed by atoms with Crippen molar-refractivity contribution in [3.05, 3.63) is 46.9 Å². The van der Waals surface area contributed by atoms with Crippen molar-refractivity contribution < 1.29 is 14.3 Å². The highest BCUT2D eigenvalue weighted by atomic mass is 35.5. The fourth-order valence-electron chi connectivity index (χ4n) is 3.18. The molecule has 1 aromatic carbocycles. The number of halogens is 1. The molecular weight excluding hydrogens is 432 g/mol. The minimum Gasteiger partial charge on any atom is -0.494 e. The Morgan fingerprint density at radius 1 is 1.22 bits per heavy atom. The number of fused-ring (bicyclic) bond motifs is 1. The van der Waals surface area contributed by atoms with Crippen LogP contribution in [0.4, 0.5) is 0 Å². The number of nitrogens with one attached hydrogen (secondary N) is 1. The zero-order valence-corrected chi connectivity index (χ0v) is 19.2. The van der Waals surface area contributed by atoms with Gasteiger partial charge < -0.3 is 14.8 Å². The number of pyridine rings is 1. The molecule has 0 saturated heterocycles. The summed E-state index contributed by atoms with van der Waals surface area (Å²) >= 11 is 5.69. The summed E-state index contributed by atoms with van der Waals surface area (Å²) in [5.74, 6) is 1.63. The molecule has 170 valence electrons. The van der Waals surface area contributed by atoms with Crippen LogP contribution in [0.3, 0.4) is 0 Å². The van der Waals surface area contributed by atoms with Gasteiger partial charge in [0, 0.05) is 17.5 Å². The van der Waals surface area contributed by atoms with Gasteiger partial charge in [-0.2, -0.15) is 0 Å². The first-order valence-electron chi connectivity index (χ1n) is 10.5. The normalized spacial score (nSPS) is 11.0. The maximum absolute atomic E-state index is 13.4. The first-order chi connectivity index (χ1) is 15.4. The molecule has 9 heteroatoms. The molecule has 0 aliphatic rings. The predicted molar refractivity (Wildman–Crippen MR) is 125 cm³/mol. The number of alkyl halides is 1. The molecule has 0 aliphatic carbocycles. The number of nitrogens with zero attached hydrogens (tertiary/aromatic N) is 3. The Hall–Kier alpha value is -3.13. The number of carbonyl (C=O) groups excluding carboxylic acids is 1. The molecule has 32 heavy (non-hydrogen) atoms. The maximum Gasteiger partial charge on any atom is 0.263 e. The van der Waals surface area contributed by atoms with Crippen LogP contribution in [0.2, 0.25) is 0 Å². The first kappa shape index (κ1) is 23.5. The van der Waals surface area contributed by atoms with E-state index in [1.165, 1.54) is 10.8 Å². The lowest BCUT2D eigenvalue weighted by atomic mass is 10.2. The van der Waals surface area contributed by atoms with E-state index >= 15 is 0 Å². The molecule has 0 unspecified atom stereocenters. The second kappa shape index (κ2) is 10.9. The lowest BCUT2D eigenvalue weighted by molar-refractivity contribution is -0.122. The average molecular weight is 459 g/mol. The SMILES string of the molecule is CCOc1cccc(-c2nc3ncc(OCCCCl)cc3c(=O)n2CC(=O)NC(C)C)c1. The second-order valence-corrected chi connectivity index (χ2v) is 7.82. The lowest BCUT2D eigenvalue weighted by Gasteiger charge is -2.15. The molecule has 8 nitrogen and oxygen atoms in total. The van der Waals surface area contributed by atoms with E-state index in [4.69, 9.17) is 21.1 Å². The number of ether oxygens (including phenoxy) is 2. The van der Waals surface area contributed by atoms with Crippen molar-refractivity contribution in [1.82, 2.24) is 19.9 Å². The standard InChI is InChI=1S/C23H27ClN4O4/c1-4-31-17-8-5-7-16(11-17)22-27-21-19(12-18(13-25-21)32-10-6-9-24)23(30)28(22)14-20(29)26-15(2)3/h5,7-8,11-13,15H,4,6,9-10,14H2,1-3H3,(H,26,29). The molecular formula is C23H27ClN4O4.